The van der Waals surface area contributed by atoms with Crippen LogP contribution in [0.2, 0.25) is 0 Å². The molecule has 0 heterocycles. The maximum absolute atomic E-state index is 11.4. The zero-order valence-electron chi connectivity index (χ0n) is 9.13. The van der Waals surface area contributed by atoms with E-state index in [1.807, 2.05) is 19.0 Å². The second-order valence-corrected chi connectivity index (χ2v) is 3.99. The van der Waals surface area contributed by atoms with Gasteiger partial charge in [0.05, 0.1) is 0 Å². The largest absolute Gasteiger partial charge is 0.480 e. The quantitative estimate of drug-likeness (QED) is 0.604. The second kappa shape index (κ2) is 4.95. The van der Waals surface area contributed by atoms with Crippen LogP contribution in [0.3, 0.4) is 0 Å². The molecule has 0 saturated carbocycles. The minimum atomic E-state index is -1.35. The Kier molecular flexibility index (Phi) is 4.56. The molecule has 5 nitrogen and oxygen atoms in total. The number of hydrogen-bond acceptors (Lipinski definition) is 3. The Bertz CT molecular complexity index is 224. The Balaban J connectivity index is 4.03. The van der Waals surface area contributed by atoms with E-state index in [9.17, 15) is 9.59 Å². The first-order valence-electron chi connectivity index (χ1n) is 4.45. The van der Waals surface area contributed by atoms with Crippen LogP contribution in [0.25, 0.3) is 0 Å². The summed E-state index contributed by atoms with van der Waals surface area (Å²) in [6.45, 7) is 3.94. The molecule has 0 aromatic rings. The number of carboxylic acid groups (broad SMARTS) is 1. The number of rotatable bonds is 5. The highest BCUT2D eigenvalue weighted by atomic mass is 16.4. The van der Waals surface area contributed by atoms with Gasteiger partial charge in [0.1, 0.15) is 5.41 Å². The van der Waals surface area contributed by atoms with Crippen molar-refractivity contribution in [3.8, 4) is 0 Å². The Morgan fingerprint density at radius 3 is 2.21 bits per heavy atom. The lowest BCUT2D eigenvalue weighted by Crippen LogP contribution is -2.44. The van der Waals surface area contributed by atoms with Crippen LogP contribution in [0.4, 0.5) is 0 Å². The Morgan fingerprint density at radius 2 is 1.86 bits per heavy atom. The predicted octanol–water partition coefficient (Wildman–Crippen LogP) is -0.225. The van der Waals surface area contributed by atoms with E-state index >= 15 is 0 Å². The summed E-state index contributed by atoms with van der Waals surface area (Å²) in [5, 5.41) is 11.3. The molecule has 0 saturated heterocycles. The highest BCUT2D eigenvalue weighted by molar-refractivity contribution is 6.00. The fourth-order valence-corrected chi connectivity index (χ4v) is 0.711. The van der Waals surface area contributed by atoms with E-state index in [0.717, 1.165) is 0 Å². The summed E-state index contributed by atoms with van der Waals surface area (Å²) in [5.41, 5.74) is -1.35. The van der Waals surface area contributed by atoms with Gasteiger partial charge in [-0.1, -0.05) is 0 Å². The minimum absolute atomic E-state index is 0.452. The fourth-order valence-electron chi connectivity index (χ4n) is 0.711. The van der Waals surface area contributed by atoms with Crippen molar-refractivity contribution in [1.29, 1.82) is 0 Å². The molecule has 0 atom stereocenters. The van der Waals surface area contributed by atoms with Gasteiger partial charge in [-0.15, -0.1) is 0 Å². The molecular weight excluding hydrogens is 184 g/mol. The first-order valence-corrected chi connectivity index (χ1v) is 4.45. The third-order valence-corrected chi connectivity index (χ3v) is 1.95. The molecule has 0 spiro atoms. The van der Waals surface area contributed by atoms with Gasteiger partial charge in [-0.05, 0) is 27.9 Å². The van der Waals surface area contributed by atoms with E-state index < -0.39 is 17.3 Å². The van der Waals surface area contributed by atoms with Crippen LogP contribution in [0.1, 0.15) is 13.8 Å². The first-order chi connectivity index (χ1) is 6.28. The molecule has 0 aromatic carbocycles. The van der Waals surface area contributed by atoms with Gasteiger partial charge in [0.2, 0.25) is 5.91 Å². The van der Waals surface area contributed by atoms with Crippen LogP contribution >= 0.6 is 0 Å². The van der Waals surface area contributed by atoms with Gasteiger partial charge in [0.15, 0.2) is 0 Å². The van der Waals surface area contributed by atoms with E-state index in [-0.39, 0.29) is 0 Å². The molecule has 5 heteroatoms. The molecule has 0 bridgehead atoms. The van der Waals surface area contributed by atoms with E-state index in [1.165, 1.54) is 13.8 Å². The highest BCUT2D eigenvalue weighted by Crippen LogP contribution is 2.14. The zero-order chi connectivity index (χ0) is 11.4. The number of carbonyl (C=O) groups is 2. The van der Waals surface area contributed by atoms with Crippen LogP contribution in [0.15, 0.2) is 0 Å². The average Bonchev–Trinajstić information content (AvgIpc) is 2.02. The van der Waals surface area contributed by atoms with E-state index in [4.69, 9.17) is 5.11 Å². The lowest BCUT2D eigenvalue weighted by atomic mass is 9.93. The molecule has 0 aliphatic heterocycles. The molecule has 2 N–H and O–H groups in total. The smallest absolute Gasteiger partial charge is 0.318 e. The predicted molar refractivity (Wildman–Crippen MR) is 53.0 cm³/mol. The lowest BCUT2D eigenvalue weighted by Gasteiger charge is -2.19. The summed E-state index contributed by atoms with van der Waals surface area (Å²) in [7, 11) is 3.77. The Hall–Kier alpha value is -1.10. The number of aliphatic carboxylic acids is 1. The first kappa shape index (κ1) is 12.9. The Labute approximate surface area is 84.1 Å². The van der Waals surface area contributed by atoms with Crippen molar-refractivity contribution >= 4 is 11.9 Å². The molecule has 0 aromatic heterocycles. The van der Waals surface area contributed by atoms with Crippen molar-refractivity contribution in [2.75, 3.05) is 27.2 Å². The van der Waals surface area contributed by atoms with Crippen LogP contribution < -0.4 is 5.32 Å². The minimum Gasteiger partial charge on any atom is -0.480 e. The summed E-state index contributed by atoms with van der Waals surface area (Å²) in [6, 6.07) is 0. The Morgan fingerprint density at radius 1 is 1.36 bits per heavy atom. The van der Waals surface area contributed by atoms with Gasteiger partial charge >= 0.3 is 5.97 Å². The molecule has 0 fully saturated rings. The molecule has 0 unspecified atom stereocenters. The lowest BCUT2D eigenvalue weighted by molar-refractivity contribution is -0.153. The average molecular weight is 202 g/mol. The van der Waals surface area contributed by atoms with Gasteiger partial charge in [-0.25, -0.2) is 0 Å². The number of amides is 1. The van der Waals surface area contributed by atoms with Crippen molar-refractivity contribution < 1.29 is 14.7 Å². The van der Waals surface area contributed by atoms with E-state index in [0.29, 0.717) is 13.1 Å². The number of carbonyl (C=O) groups excluding carboxylic acids is 1. The molecule has 14 heavy (non-hydrogen) atoms. The van der Waals surface area contributed by atoms with Crippen molar-refractivity contribution in [3.05, 3.63) is 0 Å². The molecule has 0 aliphatic carbocycles. The summed E-state index contributed by atoms with van der Waals surface area (Å²) in [4.78, 5) is 24.0. The van der Waals surface area contributed by atoms with Gasteiger partial charge in [0.25, 0.3) is 0 Å². The maximum Gasteiger partial charge on any atom is 0.318 e. The van der Waals surface area contributed by atoms with Crippen LogP contribution in [-0.4, -0.2) is 49.1 Å². The standard InChI is InChI=1S/C9H18N2O3/c1-9(2,8(13)14)7(12)10-5-6-11(3)4/h5-6H2,1-4H3,(H,10,12)(H,13,14). The summed E-state index contributed by atoms with van der Waals surface area (Å²) in [6.07, 6.45) is 0. The van der Waals surface area contributed by atoms with E-state index in [1.54, 1.807) is 0 Å². The third kappa shape index (κ3) is 3.74. The van der Waals surface area contributed by atoms with Crippen molar-refractivity contribution in [2.45, 2.75) is 13.8 Å². The third-order valence-electron chi connectivity index (χ3n) is 1.95. The highest BCUT2D eigenvalue weighted by Gasteiger charge is 2.35. The van der Waals surface area contributed by atoms with Gasteiger partial charge < -0.3 is 15.3 Å². The summed E-state index contributed by atoms with van der Waals surface area (Å²) < 4.78 is 0. The normalized spacial score (nSPS) is 11.5. The number of likely N-dealkylation sites (N-methyl/N-ethyl adjacent to an activating group) is 1. The number of carboxylic acids is 1. The molecule has 82 valence electrons. The summed E-state index contributed by atoms with van der Waals surface area (Å²) >= 11 is 0. The van der Waals surface area contributed by atoms with Gasteiger partial charge in [-0.2, -0.15) is 0 Å². The molecular formula is C9H18N2O3. The fraction of sp³-hybridized carbons (Fsp3) is 0.778. The SMILES string of the molecule is CN(C)CCNC(=O)C(C)(C)C(=O)O. The van der Waals surface area contributed by atoms with Crippen molar-refractivity contribution in [1.82, 2.24) is 10.2 Å². The van der Waals surface area contributed by atoms with Gasteiger partial charge in [0, 0.05) is 13.1 Å². The summed E-state index contributed by atoms with van der Waals surface area (Å²) in [5.74, 6) is -1.56. The van der Waals surface area contributed by atoms with Crippen molar-refractivity contribution in [3.63, 3.8) is 0 Å². The van der Waals surface area contributed by atoms with Gasteiger partial charge in [-0.3, -0.25) is 9.59 Å². The number of hydrogen-bond donors (Lipinski definition) is 2. The van der Waals surface area contributed by atoms with E-state index in [2.05, 4.69) is 5.32 Å². The molecule has 0 aliphatic rings. The maximum atomic E-state index is 11.4. The number of nitrogens with one attached hydrogen (secondary N) is 1. The molecule has 0 rings (SSSR count). The van der Waals surface area contributed by atoms with Crippen LogP contribution in [-0.2, 0) is 9.59 Å². The second-order valence-electron chi connectivity index (χ2n) is 3.99. The topological polar surface area (TPSA) is 69.6 Å². The van der Waals surface area contributed by atoms with Crippen molar-refractivity contribution in [2.24, 2.45) is 5.41 Å². The molecule has 1 amide bonds. The zero-order valence-corrected chi connectivity index (χ0v) is 9.13. The number of nitrogens with zero attached hydrogens (tertiary/aromatic N) is 1. The van der Waals surface area contributed by atoms with Crippen LogP contribution in [0.5, 0.6) is 0 Å². The van der Waals surface area contributed by atoms with Crippen LogP contribution in [0, 0.1) is 5.41 Å². The molecule has 0 radical (unpaired) electrons. The monoisotopic (exact) mass is 202 g/mol.